The highest BCUT2D eigenvalue weighted by Gasteiger charge is 2.47. The first-order valence-corrected chi connectivity index (χ1v) is 18.5. The third kappa shape index (κ3) is 5.09. The molecule has 0 N–H and O–H groups in total. The van der Waals surface area contributed by atoms with E-state index < -0.39 is 0 Å². The standard InChI is InChI=1S/C50H40N2/c1-33-11-21-41(22-12-33)51(43-25-15-35-7-3-5-9-39(35)31-43)47-29-19-37-18-28-46-48(30-20-38-17-27-45(47)49(37)50(38)46)52(42-23-13-34(2)14-24-42)44-26-16-36-8-4-6-10-40(36)32-44/h3-32,45-46,49-50H,1-2H3. The lowest BCUT2D eigenvalue weighted by Gasteiger charge is -2.50. The number of nitrogens with zero attached hydrogens (tertiary/aromatic N) is 2. The van der Waals surface area contributed by atoms with Crippen molar-refractivity contribution in [1.29, 1.82) is 0 Å². The Morgan fingerprint density at radius 3 is 1.19 bits per heavy atom. The summed E-state index contributed by atoms with van der Waals surface area (Å²) in [7, 11) is 0. The summed E-state index contributed by atoms with van der Waals surface area (Å²) in [4.78, 5) is 5.01. The fourth-order valence-electron chi connectivity index (χ4n) is 9.01. The number of fused-ring (bicyclic) bond motifs is 2. The van der Waals surface area contributed by atoms with Crippen LogP contribution in [0, 0.1) is 37.5 Å². The molecule has 2 heteroatoms. The van der Waals surface area contributed by atoms with Crippen LogP contribution in [0.2, 0.25) is 0 Å². The van der Waals surface area contributed by atoms with Crippen molar-refractivity contribution in [2.45, 2.75) is 13.8 Å². The minimum atomic E-state index is 0.218. The molecule has 10 rings (SSSR count). The average Bonchev–Trinajstić information content (AvgIpc) is 3.19. The predicted octanol–water partition coefficient (Wildman–Crippen LogP) is 12.8. The SMILES string of the molecule is Cc1ccc(N(C2=CC=C3C=CC4C(N(c5ccc(C)cc5)c5ccc6ccccc6c5)=CC=C5C=CC2C3C54)c2ccc3ccccc3c2)cc1. The van der Waals surface area contributed by atoms with Crippen molar-refractivity contribution in [3.05, 3.63) is 216 Å². The third-order valence-corrected chi connectivity index (χ3v) is 11.6. The third-order valence-electron chi connectivity index (χ3n) is 11.6. The van der Waals surface area contributed by atoms with Gasteiger partial charge in [-0.1, -0.05) is 133 Å². The van der Waals surface area contributed by atoms with Gasteiger partial charge in [0.1, 0.15) is 0 Å². The highest BCUT2D eigenvalue weighted by Crippen LogP contribution is 2.56. The molecular weight excluding hydrogens is 629 g/mol. The number of anilines is 4. The molecule has 0 aromatic heterocycles. The Bertz CT molecular complexity index is 2380. The van der Waals surface area contributed by atoms with Gasteiger partial charge in [0.05, 0.1) is 0 Å². The van der Waals surface area contributed by atoms with Crippen molar-refractivity contribution in [2.24, 2.45) is 23.7 Å². The van der Waals surface area contributed by atoms with Gasteiger partial charge >= 0.3 is 0 Å². The maximum Gasteiger partial charge on any atom is 0.0465 e. The van der Waals surface area contributed by atoms with Crippen LogP contribution in [-0.2, 0) is 0 Å². The molecular formula is C50H40N2. The van der Waals surface area contributed by atoms with E-state index in [4.69, 9.17) is 0 Å². The van der Waals surface area contributed by atoms with Crippen LogP contribution >= 0.6 is 0 Å². The zero-order chi connectivity index (χ0) is 34.8. The number of hydrogen-bond acceptors (Lipinski definition) is 2. The zero-order valence-corrected chi connectivity index (χ0v) is 29.5. The molecule has 52 heavy (non-hydrogen) atoms. The fourth-order valence-corrected chi connectivity index (χ4v) is 9.01. The van der Waals surface area contributed by atoms with Gasteiger partial charge in [-0.2, -0.15) is 0 Å². The van der Waals surface area contributed by atoms with Gasteiger partial charge in [0, 0.05) is 57.8 Å². The molecule has 6 aromatic carbocycles. The summed E-state index contributed by atoms with van der Waals surface area (Å²) in [5.41, 5.74) is 12.8. The molecule has 2 nitrogen and oxygen atoms in total. The van der Waals surface area contributed by atoms with Crippen molar-refractivity contribution in [2.75, 3.05) is 9.80 Å². The molecule has 0 spiro atoms. The van der Waals surface area contributed by atoms with Gasteiger partial charge in [0.25, 0.3) is 0 Å². The Morgan fingerprint density at radius 2 is 0.769 bits per heavy atom. The van der Waals surface area contributed by atoms with Gasteiger partial charge in [0.2, 0.25) is 0 Å². The van der Waals surface area contributed by atoms with E-state index in [2.05, 4.69) is 206 Å². The largest absolute Gasteiger partial charge is 0.314 e. The second-order valence-corrected chi connectivity index (χ2v) is 14.7. The Morgan fingerprint density at radius 1 is 0.385 bits per heavy atom. The van der Waals surface area contributed by atoms with Gasteiger partial charge in [-0.3, -0.25) is 0 Å². The summed E-state index contributed by atoms with van der Waals surface area (Å²) in [5.74, 6) is 1.07. The van der Waals surface area contributed by atoms with Gasteiger partial charge in [-0.15, -0.1) is 0 Å². The molecule has 4 unspecified atom stereocenters. The van der Waals surface area contributed by atoms with Crippen LogP contribution in [0.3, 0.4) is 0 Å². The zero-order valence-electron chi connectivity index (χ0n) is 29.5. The van der Waals surface area contributed by atoms with Crippen LogP contribution in [-0.4, -0.2) is 0 Å². The number of allylic oxidation sites excluding steroid dienone is 10. The van der Waals surface area contributed by atoms with Crippen LogP contribution in [0.1, 0.15) is 11.1 Å². The lowest BCUT2D eigenvalue weighted by molar-refractivity contribution is 0.303. The van der Waals surface area contributed by atoms with Crippen molar-refractivity contribution in [3.8, 4) is 0 Å². The predicted molar refractivity (Wildman–Crippen MR) is 219 cm³/mol. The number of aryl methyl sites for hydroxylation is 2. The molecule has 0 saturated heterocycles. The lowest BCUT2D eigenvalue weighted by Crippen LogP contribution is -2.43. The van der Waals surface area contributed by atoms with E-state index in [1.165, 1.54) is 78.0 Å². The molecule has 4 aliphatic carbocycles. The summed E-state index contributed by atoms with van der Waals surface area (Å²) >= 11 is 0. The van der Waals surface area contributed by atoms with E-state index in [1.54, 1.807) is 0 Å². The molecule has 0 radical (unpaired) electrons. The highest BCUT2D eigenvalue weighted by atomic mass is 15.2. The van der Waals surface area contributed by atoms with Gasteiger partial charge < -0.3 is 9.80 Å². The number of benzene rings is 6. The first kappa shape index (κ1) is 30.7. The molecule has 0 aliphatic heterocycles. The topological polar surface area (TPSA) is 6.48 Å². The van der Waals surface area contributed by atoms with Gasteiger partial charge in [0.15, 0.2) is 0 Å². The smallest absolute Gasteiger partial charge is 0.0465 e. The molecule has 4 atom stereocenters. The molecule has 250 valence electrons. The second-order valence-electron chi connectivity index (χ2n) is 14.7. The fraction of sp³-hybridized carbons (Fsp3) is 0.120. The van der Waals surface area contributed by atoms with E-state index >= 15 is 0 Å². The Kier molecular flexibility index (Phi) is 7.25. The van der Waals surface area contributed by atoms with Crippen molar-refractivity contribution < 1.29 is 0 Å². The van der Waals surface area contributed by atoms with Gasteiger partial charge in [-0.25, -0.2) is 0 Å². The van der Waals surface area contributed by atoms with E-state index in [1.807, 2.05) is 0 Å². The highest BCUT2D eigenvalue weighted by molar-refractivity contribution is 5.89. The van der Waals surface area contributed by atoms with E-state index in [0.29, 0.717) is 11.8 Å². The maximum atomic E-state index is 2.50. The summed E-state index contributed by atoms with van der Waals surface area (Å²) < 4.78 is 0. The molecule has 0 heterocycles. The monoisotopic (exact) mass is 668 g/mol. The van der Waals surface area contributed by atoms with Crippen LogP contribution < -0.4 is 9.80 Å². The molecule has 6 aromatic rings. The summed E-state index contributed by atoms with van der Waals surface area (Å²) in [6, 6.07) is 49.2. The summed E-state index contributed by atoms with van der Waals surface area (Å²) in [6.07, 6.45) is 19.3. The second kappa shape index (κ2) is 12.3. The molecule has 4 aliphatic rings. The van der Waals surface area contributed by atoms with E-state index in [9.17, 15) is 0 Å². The summed E-state index contributed by atoms with van der Waals surface area (Å²) in [6.45, 7) is 4.33. The van der Waals surface area contributed by atoms with E-state index in [0.717, 1.165) is 0 Å². The van der Waals surface area contributed by atoms with Crippen LogP contribution in [0.4, 0.5) is 22.7 Å². The van der Waals surface area contributed by atoms with E-state index in [-0.39, 0.29) is 11.8 Å². The quantitative estimate of drug-likeness (QED) is 0.174. The molecule has 0 bridgehead atoms. The first-order valence-electron chi connectivity index (χ1n) is 18.5. The normalized spacial score (nSPS) is 21.2. The summed E-state index contributed by atoms with van der Waals surface area (Å²) in [5, 5.41) is 5.02. The Labute approximate surface area is 306 Å². The van der Waals surface area contributed by atoms with Crippen molar-refractivity contribution in [1.82, 2.24) is 0 Å². The van der Waals surface area contributed by atoms with Crippen LogP contribution in [0.15, 0.2) is 205 Å². The van der Waals surface area contributed by atoms with Crippen molar-refractivity contribution in [3.63, 3.8) is 0 Å². The minimum absolute atomic E-state index is 0.218. The molecule has 0 fully saturated rings. The lowest BCUT2D eigenvalue weighted by atomic mass is 9.58. The number of rotatable bonds is 6. The van der Waals surface area contributed by atoms with Crippen LogP contribution in [0.25, 0.3) is 21.5 Å². The molecule has 0 saturated carbocycles. The average molecular weight is 669 g/mol. The van der Waals surface area contributed by atoms with Crippen molar-refractivity contribution >= 4 is 44.3 Å². The molecule has 0 amide bonds. The Hall–Kier alpha value is -6.12. The number of hydrogen-bond donors (Lipinski definition) is 0. The minimum Gasteiger partial charge on any atom is -0.314 e. The van der Waals surface area contributed by atoms with Crippen LogP contribution in [0.5, 0.6) is 0 Å². The Balaban J connectivity index is 1.09. The first-order chi connectivity index (χ1) is 25.6. The van der Waals surface area contributed by atoms with Gasteiger partial charge in [-0.05, 0) is 107 Å². The maximum absolute atomic E-state index is 2.50.